The average molecular weight is 418 g/mol. The van der Waals surface area contributed by atoms with Crippen LogP contribution in [0.5, 0.6) is 5.75 Å². The molecule has 0 unspecified atom stereocenters. The van der Waals surface area contributed by atoms with E-state index in [0.717, 1.165) is 11.5 Å². The van der Waals surface area contributed by atoms with E-state index in [1.54, 1.807) is 54.5 Å². The van der Waals surface area contributed by atoms with Gasteiger partial charge in [0.1, 0.15) is 23.1 Å². The fourth-order valence-electron chi connectivity index (χ4n) is 2.44. The maximum atomic E-state index is 12.8. The maximum absolute atomic E-state index is 12.8. The Hall–Kier alpha value is -2.51. The molecule has 0 spiro atoms. The van der Waals surface area contributed by atoms with Gasteiger partial charge in [0.25, 0.3) is 5.91 Å². The third kappa shape index (κ3) is 5.50. The van der Waals surface area contributed by atoms with Crippen LogP contribution in [0.1, 0.15) is 21.8 Å². The predicted octanol–water partition coefficient (Wildman–Crippen LogP) is 4.47. The maximum Gasteiger partial charge on any atom is 0.256 e. The van der Waals surface area contributed by atoms with E-state index in [4.69, 9.17) is 20.9 Å². The number of likely N-dealkylation sites (N-methyl/N-ethyl adjacent to an activating group) is 1. The smallest absolute Gasteiger partial charge is 0.256 e. The first-order valence-electron chi connectivity index (χ1n) is 8.67. The lowest BCUT2D eigenvalue weighted by Crippen LogP contribution is -2.31. The third-order valence-corrected chi connectivity index (χ3v) is 5.18. The van der Waals surface area contributed by atoms with Crippen molar-refractivity contribution in [1.29, 1.82) is 0 Å². The van der Waals surface area contributed by atoms with Crippen molar-refractivity contribution < 1.29 is 14.1 Å². The molecule has 0 saturated carbocycles. The molecule has 28 heavy (non-hydrogen) atoms. The largest absolute Gasteiger partial charge is 0.492 e. The zero-order chi connectivity index (χ0) is 19.9. The molecule has 2 aromatic heterocycles. The Morgan fingerprint density at radius 1 is 1.29 bits per heavy atom. The number of pyridine rings is 1. The number of nitrogens with zero attached hydrogens (tertiary/aromatic N) is 3. The van der Waals surface area contributed by atoms with Crippen molar-refractivity contribution in [3.8, 4) is 5.75 Å². The van der Waals surface area contributed by atoms with E-state index >= 15 is 0 Å². The van der Waals surface area contributed by atoms with Gasteiger partial charge < -0.3 is 14.2 Å². The fraction of sp³-hybridized carbons (Fsp3) is 0.250. The highest BCUT2D eigenvalue weighted by Crippen LogP contribution is 2.25. The molecule has 0 saturated heterocycles. The van der Waals surface area contributed by atoms with E-state index < -0.39 is 0 Å². The van der Waals surface area contributed by atoms with Crippen molar-refractivity contribution in [1.82, 2.24) is 15.0 Å². The zero-order valence-corrected chi connectivity index (χ0v) is 17.2. The highest BCUT2D eigenvalue weighted by Gasteiger charge is 2.17. The van der Waals surface area contributed by atoms with E-state index in [1.165, 1.54) is 11.8 Å². The Balaban J connectivity index is 1.57. The summed E-state index contributed by atoms with van der Waals surface area (Å²) in [6.45, 7) is 2.67. The van der Waals surface area contributed by atoms with Gasteiger partial charge in [-0.2, -0.15) is 0 Å². The van der Waals surface area contributed by atoms with Crippen LogP contribution in [-0.4, -0.2) is 41.1 Å². The van der Waals surface area contributed by atoms with Crippen LogP contribution in [-0.2, 0) is 5.75 Å². The molecule has 0 radical (unpaired) electrons. The van der Waals surface area contributed by atoms with E-state index in [0.29, 0.717) is 40.3 Å². The second-order valence-electron chi connectivity index (χ2n) is 6.10. The summed E-state index contributed by atoms with van der Waals surface area (Å²) in [6.07, 6.45) is 1.68. The van der Waals surface area contributed by atoms with Gasteiger partial charge in [-0.25, -0.2) is 4.98 Å². The molecular weight excluding hydrogens is 398 g/mol. The number of ether oxygens (including phenoxy) is 1. The first-order valence-corrected chi connectivity index (χ1v) is 10.0. The van der Waals surface area contributed by atoms with Crippen LogP contribution in [0, 0.1) is 6.92 Å². The molecule has 0 N–H and O–H groups in total. The summed E-state index contributed by atoms with van der Waals surface area (Å²) in [5.41, 5.74) is 1.37. The number of benzene rings is 1. The lowest BCUT2D eigenvalue weighted by molar-refractivity contribution is 0.0769. The number of hydrogen-bond donors (Lipinski definition) is 0. The lowest BCUT2D eigenvalue weighted by Gasteiger charge is -2.18. The highest BCUT2D eigenvalue weighted by atomic mass is 35.5. The molecule has 0 fully saturated rings. The Labute approximate surface area is 172 Å². The summed E-state index contributed by atoms with van der Waals surface area (Å²) in [4.78, 5) is 18.8. The number of rotatable bonds is 8. The average Bonchev–Trinajstić information content (AvgIpc) is 3.12. The molecule has 146 valence electrons. The second-order valence-corrected chi connectivity index (χ2v) is 7.50. The van der Waals surface area contributed by atoms with E-state index in [1.807, 2.05) is 13.0 Å². The fourth-order valence-corrected chi connectivity index (χ4v) is 3.43. The molecule has 0 atom stereocenters. The minimum Gasteiger partial charge on any atom is -0.492 e. The van der Waals surface area contributed by atoms with Gasteiger partial charge in [0.05, 0.1) is 17.8 Å². The highest BCUT2D eigenvalue weighted by molar-refractivity contribution is 7.98. The molecule has 0 aliphatic rings. The van der Waals surface area contributed by atoms with Gasteiger partial charge >= 0.3 is 0 Å². The van der Waals surface area contributed by atoms with Crippen molar-refractivity contribution in [2.24, 2.45) is 0 Å². The summed E-state index contributed by atoms with van der Waals surface area (Å²) >= 11 is 7.32. The van der Waals surface area contributed by atoms with Gasteiger partial charge in [-0.05, 0) is 43.3 Å². The lowest BCUT2D eigenvalue weighted by atomic mass is 10.2. The Morgan fingerprint density at radius 2 is 2.07 bits per heavy atom. The summed E-state index contributed by atoms with van der Waals surface area (Å²) in [6, 6.07) is 12.5. The van der Waals surface area contributed by atoms with Crippen LogP contribution in [0.15, 0.2) is 58.2 Å². The first-order chi connectivity index (χ1) is 13.5. The minimum atomic E-state index is -0.105. The standard InChI is InChI=1S/C20H20ClN3O3S/c1-14-12-16(23-27-14)13-28-19-18(4-3-9-22-19)20(25)24(2)10-11-26-17-7-5-15(21)6-8-17/h3-9,12H,10-11,13H2,1-2H3. The molecule has 0 aliphatic heterocycles. The molecule has 1 aromatic carbocycles. The third-order valence-electron chi connectivity index (χ3n) is 3.89. The van der Waals surface area contributed by atoms with E-state index in [9.17, 15) is 4.79 Å². The van der Waals surface area contributed by atoms with Crippen molar-refractivity contribution in [3.63, 3.8) is 0 Å². The van der Waals surface area contributed by atoms with Crippen molar-refractivity contribution >= 4 is 29.3 Å². The number of carbonyl (C=O) groups excluding carboxylic acids is 1. The number of aryl methyl sites for hydroxylation is 1. The zero-order valence-electron chi connectivity index (χ0n) is 15.6. The van der Waals surface area contributed by atoms with Crippen LogP contribution in [0.25, 0.3) is 0 Å². The van der Waals surface area contributed by atoms with Gasteiger partial charge in [0.2, 0.25) is 0 Å². The van der Waals surface area contributed by atoms with Gasteiger partial charge in [-0.1, -0.05) is 28.5 Å². The molecule has 6 nitrogen and oxygen atoms in total. The van der Waals surface area contributed by atoms with E-state index in [-0.39, 0.29) is 5.91 Å². The monoisotopic (exact) mass is 417 g/mol. The molecule has 3 aromatic rings. The first kappa shape index (κ1) is 20.2. The molecule has 2 heterocycles. The number of halogens is 1. The molecule has 1 amide bonds. The summed E-state index contributed by atoms with van der Waals surface area (Å²) < 4.78 is 10.7. The molecule has 3 rings (SSSR count). The molecule has 0 bridgehead atoms. The number of hydrogen-bond acceptors (Lipinski definition) is 6. The van der Waals surface area contributed by atoms with Crippen molar-refractivity contribution in [2.75, 3.05) is 20.2 Å². The number of thioether (sulfide) groups is 1. The molecule has 0 aliphatic carbocycles. The second kappa shape index (κ2) is 9.61. The topological polar surface area (TPSA) is 68.5 Å². The Morgan fingerprint density at radius 3 is 2.79 bits per heavy atom. The van der Waals surface area contributed by atoms with Crippen LogP contribution < -0.4 is 4.74 Å². The van der Waals surface area contributed by atoms with Gasteiger partial charge in [0, 0.05) is 30.1 Å². The Kier molecular flexibility index (Phi) is 6.95. The van der Waals surface area contributed by atoms with Crippen LogP contribution in [0.3, 0.4) is 0 Å². The molecule has 8 heteroatoms. The molecular formula is C20H20ClN3O3S. The summed E-state index contributed by atoms with van der Waals surface area (Å²) in [7, 11) is 1.75. The summed E-state index contributed by atoms with van der Waals surface area (Å²) in [5.74, 6) is 1.95. The van der Waals surface area contributed by atoms with Crippen molar-refractivity contribution in [2.45, 2.75) is 17.7 Å². The van der Waals surface area contributed by atoms with E-state index in [2.05, 4.69) is 10.1 Å². The number of amides is 1. The minimum absolute atomic E-state index is 0.105. The van der Waals surface area contributed by atoms with Crippen LogP contribution in [0.4, 0.5) is 0 Å². The summed E-state index contributed by atoms with van der Waals surface area (Å²) in [5, 5.41) is 5.29. The van der Waals surface area contributed by atoms with Crippen LogP contribution >= 0.6 is 23.4 Å². The number of aromatic nitrogens is 2. The van der Waals surface area contributed by atoms with Crippen molar-refractivity contribution in [3.05, 3.63) is 70.7 Å². The van der Waals surface area contributed by atoms with Gasteiger partial charge in [-0.3, -0.25) is 4.79 Å². The van der Waals surface area contributed by atoms with Crippen LogP contribution in [0.2, 0.25) is 5.02 Å². The number of carbonyl (C=O) groups is 1. The Bertz CT molecular complexity index is 930. The SMILES string of the molecule is Cc1cc(CSc2ncccc2C(=O)N(C)CCOc2ccc(Cl)cc2)no1. The quantitative estimate of drug-likeness (QED) is 0.503. The van der Waals surface area contributed by atoms with Gasteiger partial charge in [-0.15, -0.1) is 0 Å². The predicted molar refractivity (Wildman–Crippen MR) is 109 cm³/mol. The van der Waals surface area contributed by atoms with Gasteiger partial charge in [0.15, 0.2) is 0 Å². The normalized spacial score (nSPS) is 10.7.